The van der Waals surface area contributed by atoms with Crippen LogP contribution in [0.2, 0.25) is 0 Å². The van der Waals surface area contributed by atoms with Gasteiger partial charge in [0.05, 0.1) is 16.3 Å². The van der Waals surface area contributed by atoms with Crippen LogP contribution < -0.4 is 5.56 Å². The standard InChI is InChI=1S/C24H22N2O3S2/c1-2-3-6-15-13-17-20-23(31-21(17)18(27)14-15)25-22(19-8-4-11-29-19)26(24(20)28)10-9-16-7-5-12-30-16/h4-5,7-8,11-14,27H,2-3,6,9-10H2,1H3. The van der Waals surface area contributed by atoms with Crippen molar-refractivity contribution in [3.63, 3.8) is 0 Å². The Labute approximate surface area is 187 Å². The second-order valence-electron chi connectivity index (χ2n) is 7.58. The van der Waals surface area contributed by atoms with Gasteiger partial charge in [-0.2, -0.15) is 0 Å². The molecule has 0 aliphatic heterocycles. The Morgan fingerprint density at radius 3 is 2.84 bits per heavy atom. The predicted molar refractivity (Wildman–Crippen MR) is 127 cm³/mol. The molecule has 4 aromatic heterocycles. The number of aromatic hydroxyl groups is 1. The van der Waals surface area contributed by atoms with Gasteiger partial charge in [0.1, 0.15) is 10.6 Å². The Bertz CT molecular complexity index is 1400. The molecule has 1 N–H and O–H groups in total. The molecule has 0 fully saturated rings. The Morgan fingerprint density at radius 1 is 1.19 bits per heavy atom. The molecule has 4 heterocycles. The van der Waals surface area contributed by atoms with Crippen LogP contribution in [0, 0.1) is 0 Å². The van der Waals surface area contributed by atoms with Crippen molar-refractivity contribution in [1.29, 1.82) is 0 Å². The van der Waals surface area contributed by atoms with Gasteiger partial charge in [0, 0.05) is 16.8 Å². The van der Waals surface area contributed by atoms with E-state index in [0.717, 1.165) is 36.6 Å². The average molecular weight is 451 g/mol. The van der Waals surface area contributed by atoms with Crippen LogP contribution in [-0.4, -0.2) is 14.7 Å². The number of unbranched alkanes of at least 4 members (excludes halogenated alkanes) is 1. The number of hydrogen-bond donors (Lipinski definition) is 1. The van der Waals surface area contributed by atoms with Crippen molar-refractivity contribution >= 4 is 43.0 Å². The van der Waals surface area contributed by atoms with Crippen LogP contribution >= 0.6 is 22.7 Å². The van der Waals surface area contributed by atoms with Crippen LogP contribution in [0.3, 0.4) is 0 Å². The predicted octanol–water partition coefficient (Wildman–Crippen LogP) is 6.22. The molecule has 5 aromatic rings. The van der Waals surface area contributed by atoms with Gasteiger partial charge in [0.15, 0.2) is 11.6 Å². The van der Waals surface area contributed by atoms with Crippen LogP contribution in [0.5, 0.6) is 5.75 Å². The minimum atomic E-state index is -0.0914. The minimum Gasteiger partial charge on any atom is -0.506 e. The topological polar surface area (TPSA) is 68.3 Å². The number of rotatable bonds is 7. The first-order valence-electron chi connectivity index (χ1n) is 10.4. The number of hydrogen-bond acceptors (Lipinski definition) is 6. The number of fused-ring (bicyclic) bond motifs is 3. The molecule has 5 nitrogen and oxygen atoms in total. The van der Waals surface area contributed by atoms with E-state index in [9.17, 15) is 9.90 Å². The summed E-state index contributed by atoms with van der Waals surface area (Å²) in [6, 6.07) is 11.6. The Balaban J connectivity index is 1.72. The quantitative estimate of drug-likeness (QED) is 0.319. The molecule has 5 rings (SSSR count). The first kappa shape index (κ1) is 20.0. The lowest BCUT2D eigenvalue weighted by Crippen LogP contribution is -2.24. The van der Waals surface area contributed by atoms with Crippen molar-refractivity contribution in [1.82, 2.24) is 9.55 Å². The largest absolute Gasteiger partial charge is 0.506 e. The summed E-state index contributed by atoms with van der Waals surface area (Å²) in [4.78, 5) is 20.4. The summed E-state index contributed by atoms with van der Waals surface area (Å²) in [7, 11) is 0. The normalized spacial score (nSPS) is 11.6. The number of furan rings is 1. The summed E-state index contributed by atoms with van der Waals surface area (Å²) in [5.74, 6) is 1.31. The first-order chi connectivity index (χ1) is 15.2. The molecule has 0 bridgehead atoms. The number of phenols is 1. The van der Waals surface area contributed by atoms with E-state index < -0.39 is 0 Å². The maximum absolute atomic E-state index is 13.7. The van der Waals surface area contributed by atoms with E-state index >= 15 is 0 Å². The van der Waals surface area contributed by atoms with E-state index in [-0.39, 0.29) is 11.3 Å². The summed E-state index contributed by atoms with van der Waals surface area (Å²) in [6.07, 6.45) is 5.33. The minimum absolute atomic E-state index is 0.0914. The van der Waals surface area contributed by atoms with Crippen LogP contribution in [0.1, 0.15) is 30.2 Å². The molecule has 0 spiro atoms. The van der Waals surface area contributed by atoms with Crippen molar-refractivity contribution in [2.75, 3.05) is 0 Å². The molecule has 0 atom stereocenters. The molecular weight excluding hydrogens is 428 g/mol. The van der Waals surface area contributed by atoms with E-state index in [1.807, 2.05) is 29.6 Å². The van der Waals surface area contributed by atoms with Gasteiger partial charge in [-0.1, -0.05) is 19.4 Å². The van der Waals surface area contributed by atoms with Gasteiger partial charge in [-0.3, -0.25) is 9.36 Å². The first-order valence-corrected chi connectivity index (χ1v) is 12.1. The second kappa shape index (κ2) is 8.32. The lowest BCUT2D eigenvalue weighted by Gasteiger charge is -2.10. The molecule has 0 saturated carbocycles. The zero-order valence-corrected chi connectivity index (χ0v) is 18.8. The summed E-state index contributed by atoms with van der Waals surface area (Å²) in [5.41, 5.74) is 0.956. The molecule has 0 aliphatic rings. The highest BCUT2D eigenvalue weighted by Crippen LogP contribution is 2.38. The smallest absolute Gasteiger partial charge is 0.263 e. The molecule has 0 aliphatic carbocycles. The molecule has 0 saturated heterocycles. The van der Waals surface area contributed by atoms with E-state index in [1.165, 1.54) is 16.2 Å². The highest BCUT2D eigenvalue weighted by molar-refractivity contribution is 7.25. The molecule has 1 aromatic carbocycles. The number of nitrogens with zero attached hydrogens (tertiary/aromatic N) is 2. The number of thiophene rings is 2. The van der Waals surface area contributed by atoms with Crippen LogP contribution in [-0.2, 0) is 19.4 Å². The third-order valence-corrected chi connectivity index (χ3v) is 7.51. The zero-order valence-electron chi connectivity index (χ0n) is 17.1. The maximum atomic E-state index is 13.7. The lowest BCUT2D eigenvalue weighted by atomic mass is 10.0. The molecular formula is C24H22N2O3S2. The Hall–Kier alpha value is -2.90. The molecule has 31 heavy (non-hydrogen) atoms. The molecule has 7 heteroatoms. The highest BCUT2D eigenvalue weighted by atomic mass is 32.1. The van der Waals surface area contributed by atoms with Crippen LogP contribution in [0.25, 0.3) is 31.9 Å². The van der Waals surface area contributed by atoms with E-state index in [1.54, 1.807) is 28.2 Å². The number of phenolic OH excluding ortho intramolecular Hbond substituents is 1. The van der Waals surface area contributed by atoms with Gasteiger partial charge in [-0.25, -0.2) is 4.98 Å². The third-order valence-electron chi connectivity index (χ3n) is 5.46. The van der Waals surface area contributed by atoms with E-state index in [2.05, 4.69) is 13.0 Å². The molecule has 0 unspecified atom stereocenters. The van der Waals surface area contributed by atoms with Gasteiger partial charge in [-0.15, -0.1) is 22.7 Å². The monoisotopic (exact) mass is 450 g/mol. The summed E-state index contributed by atoms with van der Waals surface area (Å²) < 4.78 is 8.02. The number of benzene rings is 1. The SMILES string of the molecule is CCCCc1cc(O)c2sc3nc(-c4ccco4)n(CCc4cccs4)c(=O)c3c2c1. The van der Waals surface area contributed by atoms with Gasteiger partial charge >= 0.3 is 0 Å². The zero-order chi connectivity index (χ0) is 21.4. The van der Waals surface area contributed by atoms with Crippen molar-refractivity contribution in [3.8, 4) is 17.3 Å². The van der Waals surface area contributed by atoms with Gasteiger partial charge in [0.25, 0.3) is 5.56 Å². The summed E-state index contributed by atoms with van der Waals surface area (Å²) in [5, 5.41) is 14.1. The van der Waals surface area contributed by atoms with Crippen LogP contribution in [0.15, 0.2) is 57.3 Å². The number of aryl methyl sites for hydroxylation is 2. The fourth-order valence-corrected chi connectivity index (χ4v) is 5.66. The molecule has 0 radical (unpaired) electrons. The van der Waals surface area contributed by atoms with Gasteiger partial charge in [-0.05, 0) is 60.5 Å². The average Bonchev–Trinajstić information content (AvgIpc) is 3.52. The number of aromatic nitrogens is 2. The van der Waals surface area contributed by atoms with Crippen molar-refractivity contribution in [3.05, 3.63) is 68.8 Å². The van der Waals surface area contributed by atoms with Gasteiger partial charge < -0.3 is 9.52 Å². The summed E-state index contributed by atoms with van der Waals surface area (Å²) >= 11 is 3.04. The highest BCUT2D eigenvalue weighted by Gasteiger charge is 2.20. The van der Waals surface area contributed by atoms with Gasteiger partial charge in [0.2, 0.25) is 0 Å². The van der Waals surface area contributed by atoms with E-state index in [4.69, 9.17) is 9.40 Å². The Kier molecular flexibility index (Phi) is 5.38. The van der Waals surface area contributed by atoms with Crippen molar-refractivity contribution < 1.29 is 9.52 Å². The van der Waals surface area contributed by atoms with Crippen LogP contribution in [0.4, 0.5) is 0 Å². The second-order valence-corrected chi connectivity index (χ2v) is 9.61. The summed E-state index contributed by atoms with van der Waals surface area (Å²) in [6.45, 7) is 2.65. The lowest BCUT2D eigenvalue weighted by molar-refractivity contribution is 0.481. The van der Waals surface area contributed by atoms with Crippen molar-refractivity contribution in [2.24, 2.45) is 0 Å². The Morgan fingerprint density at radius 2 is 2.10 bits per heavy atom. The fraction of sp³-hybridized carbons (Fsp3) is 0.250. The van der Waals surface area contributed by atoms with E-state index in [0.29, 0.717) is 33.0 Å². The maximum Gasteiger partial charge on any atom is 0.263 e. The third kappa shape index (κ3) is 3.68. The fourth-order valence-electron chi connectivity index (χ4n) is 3.90. The van der Waals surface area contributed by atoms with Crippen molar-refractivity contribution in [2.45, 2.75) is 39.2 Å². The molecule has 0 amide bonds. The molecule has 158 valence electrons.